The van der Waals surface area contributed by atoms with E-state index in [-0.39, 0.29) is 11.5 Å². The van der Waals surface area contributed by atoms with Gasteiger partial charge in [-0.25, -0.2) is 0 Å². The highest BCUT2D eigenvalue weighted by atomic mass is 16.2. The Morgan fingerprint density at radius 2 is 2.00 bits per heavy atom. The first-order valence-electron chi connectivity index (χ1n) is 6.50. The van der Waals surface area contributed by atoms with Crippen LogP contribution in [0.3, 0.4) is 0 Å². The Bertz CT molecular complexity index is 542. The second-order valence-electron chi connectivity index (χ2n) is 4.53. The topological polar surface area (TPSA) is 49.0 Å². The molecule has 1 aromatic rings. The normalized spacial score (nSPS) is 11.3. The number of likely N-dealkylation sites (N-methyl/N-ethyl adjacent to an activating group) is 1. The minimum atomic E-state index is -0.201. The molecule has 1 amide bonds. The van der Waals surface area contributed by atoms with E-state index < -0.39 is 0 Å². The third-order valence-corrected chi connectivity index (χ3v) is 3.52. The smallest absolute Gasteiger partial charge is 0.264 e. The van der Waals surface area contributed by atoms with Crippen LogP contribution in [0.15, 0.2) is 11.6 Å². The number of aryl methyl sites for hydroxylation is 1. The van der Waals surface area contributed by atoms with E-state index in [1.807, 2.05) is 51.4 Å². The van der Waals surface area contributed by atoms with Crippen molar-refractivity contribution in [1.29, 1.82) is 5.26 Å². The van der Waals surface area contributed by atoms with E-state index in [2.05, 4.69) is 0 Å². The van der Waals surface area contributed by atoms with Crippen LogP contribution in [0, 0.1) is 25.2 Å². The Kier molecular flexibility index (Phi) is 4.94. The van der Waals surface area contributed by atoms with Crippen LogP contribution in [-0.4, -0.2) is 28.5 Å². The molecular weight excluding hydrogens is 238 g/mol. The molecule has 0 unspecified atom stereocenters. The van der Waals surface area contributed by atoms with Crippen LogP contribution >= 0.6 is 0 Å². The van der Waals surface area contributed by atoms with Gasteiger partial charge in [0.15, 0.2) is 0 Å². The third-order valence-electron chi connectivity index (χ3n) is 3.52. The van der Waals surface area contributed by atoms with E-state index in [0.29, 0.717) is 13.1 Å². The first-order chi connectivity index (χ1) is 8.96. The van der Waals surface area contributed by atoms with Crippen LogP contribution in [-0.2, 0) is 11.8 Å². The molecule has 0 bridgehead atoms. The zero-order valence-corrected chi connectivity index (χ0v) is 12.3. The molecule has 4 heteroatoms. The molecule has 0 aliphatic heterocycles. The lowest BCUT2D eigenvalue weighted by Gasteiger charge is -2.17. The average Bonchev–Trinajstić information content (AvgIpc) is 2.64. The van der Waals surface area contributed by atoms with E-state index in [1.54, 1.807) is 11.0 Å². The van der Waals surface area contributed by atoms with E-state index in [4.69, 9.17) is 0 Å². The molecule has 1 heterocycles. The lowest BCUT2D eigenvalue weighted by atomic mass is 10.1. The third kappa shape index (κ3) is 3.05. The fourth-order valence-electron chi connectivity index (χ4n) is 2.01. The standard InChI is InChI=1S/C15H21N3O/c1-6-18(7-2)15(19)14(10-16)9-13-8-11(3)17(5)12(13)4/h8-9H,6-7H2,1-5H3/b14-9-. The van der Waals surface area contributed by atoms with Gasteiger partial charge in [0.25, 0.3) is 5.91 Å². The summed E-state index contributed by atoms with van der Waals surface area (Å²) in [5.41, 5.74) is 3.28. The van der Waals surface area contributed by atoms with Crippen LogP contribution in [0.25, 0.3) is 6.08 Å². The Labute approximate surface area is 114 Å². The molecule has 102 valence electrons. The summed E-state index contributed by atoms with van der Waals surface area (Å²) in [5, 5.41) is 9.19. The average molecular weight is 259 g/mol. The fraction of sp³-hybridized carbons (Fsp3) is 0.467. The zero-order valence-electron chi connectivity index (χ0n) is 12.3. The Morgan fingerprint density at radius 1 is 1.42 bits per heavy atom. The monoisotopic (exact) mass is 259 g/mol. The summed E-state index contributed by atoms with van der Waals surface area (Å²) in [6, 6.07) is 4.00. The number of rotatable bonds is 4. The fourth-order valence-corrected chi connectivity index (χ4v) is 2.01. The second-order valence-corrected chi connectivity index (χ2v) is 4.53. The van der Waals surface area contributed by atoms with Gasteiger partial charge in [-0.3, -0.25) is 4.79 Å². The summed E-state index contributed by atoms with van der Waals surface area (Å²) in [6.07, 6.45) is 1.68. The molecule has 1 rings (SSSR count). The maximum atomic E-state index is 12.2. The molecule has 0 saturated carbocycles. The van der Waals surface area contributed by atoms with Crippen molar-refractivity contribution in [3.63, 3.8) is 0 Å². The number of nitriles is 1. The highest BCUT2D eigenvalue weighted by Crippen LogP contribution is 2.17. The number of nitrogens with zero attached hydrogens (tertiary/aromatic N) is 3. The molecule has 0 fully saturated rings. The van der Waals surface area contributed by atoms with Gasteiger partial charge < -0.3 is 9.47 Å². The van der Waals surface area contributed by atoms with Crippen molar-refractivity contribution in [3.8, 4) is 6.07 Å². The van der Waals surface area contributed by atoms with Gasteiger partial charge >= 0.3 is 0 Å². The zero-order chi connectivity index (χ0) is 14.6. The first kappa shape index (κ1) is 15.0. The molecule has 0 saturated heterocycles. The summed E-state index contributed by atoms with van der Waals surface area (Å²) in [5.74, 6) is -0.201. The predicted octanol–water partition coefficient (Wildman–Crippen LogP) is 2.42. The van der Waals surface area contributed by atoms with Crippen molar-refractivity contribution < 1.29 is 4.79 Å². The van der Waals surface area contributed by atoms with Crippen molar-refractivity contribution in [3.05, 3.63) is 28.6 Å². The maximum Gasteiger partial charge on any atom is 0.264 e. The SMILES string of the molecule is CCN(CC)C(=O)/C(C#N)=C\c1cc(C)n(C)c1C. The number of carbonyl (C=O) groups excluding carboxylic acids is 1. The number of amides is 1. The quantitative estimate of drug-likeness (QED) is 0.616. The van der Waals surface area contributed by atoms with Crippen molar-refractivity contribution in [2.45, 2.75) is 27.7 Å². The number of aromatic nitrogens is 1. The van der Waals surface area contributed by atoms with E-state index in [1.165, 1.54) is 0 Å². The summed E-state index contributed by atoms with van der Waals surface area (Å²) in [4.78, 5) is 13.8. The molecule has 19 heavy (non-hydrogen) atoms. The van der Waals surface area contributed by atoms with Gasteiger partial charge in [0, 0.05) is 31.5 Å². The number of hydrogen-bond donors (Lipinski definition) is 0. The van der Waals surface area contributed by atoms with E-state index in [0.717, 1.165) is 17.0 Å². The Balaban J connectivity index is 3.16. The summed E-state index contributed by atoms with van der Waals surface area (Å²) in [7, 11) is 1.97. The van der Waals surface area contributed by atoms with Crippen molar-refractivity contribution in [1.82, 2.24) is 9.47 Å². The second kappa shape index (κ2) is 6.24. The Hall–Kier alpha value is -2.02. The Morgan fingerprint density at radius 3 is 2.37 bits per heavy atom. The van der Waals surface area contributed by atoms with Gasteiger partial charge in [0.1, 0.15) is 11.6 Å². The number of hydrogen-bond acceptors (Lipinski definition) is 2. The number of carbonyl (C=O) groups is 1. The molecular formula is C15H21N3O. The minimum Gasteiger partial charge on any atom is -0.352 e. The molecule has 0 atom stereocenters. The van der Waals surface area contributed by atoms with Crippen molar-refractivity contribution >= 4 is 12.0 Å². The van der Waals surface area contributed by atoms with Crippen molar-refractivity contribution in [2.24, 2.45) is 7.05 Å². The van der Waals surface area contributed by atoms with Gasteiger partial charge in [0.05, 0.1) is 0 Å². The molecule has 0 N–H and O–H groups in total. The van der Waals surface area contributed by atoms with E-state index >= 15 is 0 Å². The van der Waals surface area contributed by atoms with Gasteiger partial charge in [-0.05, 0) is 45.4 Å². The predicted molar refractivity (Wildman–Crippen MR) is 76.4 cm³/mol. The summed E-state index contributed by atoms with van der Waals surface area (Å²) in [6.45, 7) is 9.03. The van der Waals surface area contributed by atoms with Gasteiger partial charge in [-0.1, -0.05) is 0 Å². The van der Waals surface area contributed by atoms with Crippen molar-refractivity contribution in [2.75, 3.05) is 13.1 Å². The molecule has 0 aliphatic carbocycles. The van der Waals surface area contributed by atoms with Gasteiger partial charge in [0.2, 0.25) is 0 Å². The first-order valence-corrected chi connectivity index (χ1v) is 6.50. The minimum absolute atomic E-state index is 0.192. The highest BCUT2D eigenvalue weighted by Gasteiger charge is 2.16. The van der Waals surface area contributed by atoms with Gasteiger partial charge in [-0.15, -0.1) is 0 Å². The van der Waals surface area contributed by atoms with Crippen LogP contribution in [0.4, 0.5) is 0 Å². The summed E-state index contributed by atoms with van der Waals surface area (Å²) >= 11 is 0. The largest absolute Gasteiger partial charge is 0.352 e. The summed E-state index contributed by atoms with van der Waals surface area (Å²) < 4.78 is 2.04. The lowest BCUT2D eigenvalue weighted by Crippen LogP contribution is -2.31. The molecule has 4 nitrogen and oxygen atoms in total. The molecule has 0 aromatic carbocycles. The van der Waals surface area contributed by atoms with Crippen LogP contribution in [0.2, 0.25) is 0 Å². The van der Waals surface area contributed by atoms with Crippen LogP contribution in [0.5, 0.6) is 0 Å². The van der Waals surface area contributed by atoms with Gasteiger partial charge in [-0.2, -0.15) is 5.26 Å². The van der Waals surface area contributed by atoms with Crippen LogP contribution < -0.4 is 0 Å². The lowest BCUT2D eigenvalue weighted by molar-refractivity contribution is -0.126. The molecule has 0 radical (unpaired) electrons. The molecule has 0 spiro atoms. The molecule has 0 aliphatic rings. The molecule has 1 aromatic heterocycles. The van der Waals surface area contributed by atoms with Crippen LogP contribution in [0.1, 0.15) is 30.8 Å². The van der Waals surface area contributed by atoms with E-state index in [9.17, 15) is 10.1 Å². The highest BCUT2D eigenvalue weighted by molar-refractivity contribution is 6.01. The maximum absolute atomic E-state index is 12.2.